The SMILES string of the molecule is Cc1cc([C@@H]2Nc3ccc(C(=O)c4ccccc4)cc3NC3=CC(C)(C)CC(=O)[C@H]32)cc(C)c1O. The van der Waals surface area contributed by atoms with Crippen LogP contribution in [0.3, 0.4) is 0 Å². The van der Waals surface area contributed by atoms with E-state index in [-0.39, 0.29) is 28.8 Å². The molecule has 5 rings (SSSR count). The van der Waals surface area contributed by atoms with Gasteiger partial charge in [0.2, 0.25) is 0 Å². The van der Waals surface area contributed by atoms with Crippen LogP contribution in [0.4, 0.5) is 11.4 Å². The first kappa shape index (κ1) is 22.9. The van der Waals surface area contributed by atoms with E-state index in [1.165, 1.54) is 0 Å². The molecule has 3 aromatic rings. The largest absolute Gasteiger partial charge is 0.507 e. The van der Waals surface area contributed by atoms with Crippen molar-refractivity contribution in [2.75, 3.05) is 10.6 Å². The minimum absolute atomic E-state index is 0.0497. The smallest absolute Gasteiger partial charge is 0.193 e. The number of rotatable bonds is 3. The van der Waals surface area contributed by atoms with Crippen molar-refractivity contribution >= 4 is 22.9 Å². The highest BCUT2D eigenvalue weighted by Crippen LogP contribution is 2.46. The first-order valence-electron chi connectivity index (χ1n) is 12.0. The Kier molecular flexibility index (Phi) is 5.51. The van der Waals surface area contributed by atoms with Crippen LogP contribution < -0.4 is 10.6 Å². The fourth-order valence-electron chi connectivity index (χ4n) is 5.30. The highest BCUT2D eigenvalue weighted by Gasteiger charge is 2.42. The third-order valence-electron chi connectivity index (χ3n) is 6.97. The number of anilines is 2. The lowest BCUT2D eigenvalue weighted by atomic mass is 9.72. The van der Waals surface area contributed by atoms with Gasteiger partial charge in [-0.2, -0.15) is 0 Å². The van der Waals surface area contributed by atoms with E-state index in [2.05, 4.69) is 30.6 Å². The van der Waals surface area contributed by atoms with Gasteiger partial charge >= 0.3 is 0 Å². The van der Waals surface area contributed by atoms with Crippen LogP contribution in [0.15, 0.2) is 72.4 Å². The van der Waals surface area contributed by atoms with Gasteiger partial charge < -0.3 is 15.7 Å². The molecule has 3 N–H and O–H groups in total. The van der Waals surface area contributed by atoms with E-state index in [1.807, 2.05) is 74.5 Å². The quantitative estimate of drug-likeness (QED) is 0.394. The standard InChI is InChI=1S/C30H30N2O3/c1-17-12-21(13-18(2)28(17)34)27-26-24(15-30(3,4)16-25(26)33)31-23-14-20(10-11-22(23)32-27)29(35)19-8-6-5-7-9-19/h5-15,26-27,31-32,34H,16H2,1-4H3/t26-,27-/m0/s1. The molecule has 35 heavy (non-hydrogen) atoms. The summed E-state index contributed by atoms with van der Waals surface area (Å²) in [5, 5.41) is 17.4. The van der Waals surface area contributed by atoms with E-state index >= 15 is 0 Å². The molecule has 0 fully saturated rings. The summed E-state index contributed by atoms with van der Waals surface area (Å²) in [4.78, 5) is 26.6. The van der Waals surface area contributed by atoms with Gasteiger partial charge in [-0.3, -0.25) is 9.59 Å². The van der Waals surface area contributed by atoms with Gasteiger partial charge in [0, 0.05) is 23.2 Å². The number of carbonyl (C=O) groups excluding carboxylic acids is 2. The molecule has 0 aromatic heterocycles. The number of Topliss-reactive ketones (excluding diaryl/α,β-unsaturated/α-hetero) is 1. The number of fused-ring (bicyclic) bond motifs is 2. The summed E-state index contributed by atoms with van der Waals surface area (Å²) < 4.78 is 0. The number of aryl methyl sites for hydroxylation is 2. The second-order valence-corrected chi connectivity index (χ2v) is 10.4. The number of phenolic OH excluding ortho intramolecular Hbond substituents is 1. The molecule has 0 saturated carbocycles. The summed E-state index contributed by atoms with van der Waals surface area (Å²) in [5.74, 6) is -0.0236. The van der Waals surface area contributed by atoms with E-state index in [0.29, 0.717) is 17.5 Å². The highest BCUT2D eigenvalue weighted by molar-refractivity contribution is 6.10. The molecule has 0 radical (unpaired) electrons. The van der Waals surface area contributed by atoms with Gasteiger partial charge in [0.05, 0.1) is 23.3 Å². The number of hydrogen-bond donors (Lipinski definition) is 3. The average Bonchev–Trinajstić information content (AvgIpc) is 2.97. The summed E-state index contributed by atoms with van der Waals surface area (Å²) >= 11 is 0. The normalized spacial score (nSPS) is 20.5. The Morgan fingerprint density at radius 2 is 1.63 bits per heavy atom. The molecule has 0 amide bonds. The maximum Gasteiger partial charge on any atom is 0.193 e. The number of aromatic hydroxyl groups is 1. The van der Waals surface area contributed by atoms with Crippen LogP contribution >= 0.6 is 0 Å². The fraction of sp³-hybridized carbons (Fsp3) is 0.267. The van der Waals surface area contributed by atoms with Gasteiger partial charge in [0.25, 0.3) is 0 Å². The van der Waals surface area contributed by atoms with E-state index in [1.54, 1.807) is 0 Å². The van der Waals surface area contributed by atoms with Crippen molar-refractivity contribution in [3.8, 4) is 5.75 Å². The molecular weight excluding hydrogens is 436 g/mol. The van der Waals surface area contributed by atoms with Crippen molar-refractivity contribution in [2.45, 2.75) is 40.2 Å². The first-order valence-corrected chi connectivity index (χ1v) is 12.0. The van der Waals surface area contributed by atoms with Crippen LogP contribution in [0, 0.1) is 25.2 Å². The van der Waals surface area contributed by atoms with Crippen LogP contribution in [0.25, 0.3) is 0 Å². The lowest BCUT2D eigenvalue weighted by Crippen LogP contribution is -2.36. The van der Waals surface area contributed by atoms with Crippen LogP contribution in [0.1, 0.15) is 58.9 Å². The molecule has 5 heteroatoms. The van der Waals surface area contributed by atoms with Crippen LogP contribution in [0.5, 0.6) is 5.75 Å². The highest BCUT2D eigenvalue weighted by atomic mass is 16.3. The van der Waals surface area contributed by atoms with Gasteiger partial charge in [0.15, 0.2) is 5.78 Å². The number of ketones is 2. The summed E-state index contributed by atoms with van der Waals surface area (Å²) in [6, 6.07) is 18.4. The topological polar surface area (TPSA) is 78.4 Å². The maximum absolute atomic E-state index is 13.5. The summed E-state index contributed by atoms with van der Waals surface area (Å²) in [7, 11) is 0. The molecule has 1 aliphatic carbocycles. The molecular formula is C30H30N2O3. The molecule has 1 heterocycles. The Bertz CT molecular complexity index is 1350. The van der Waals surface area contributed by atoms with Crippen LogP contribution in [0.2, 0.25) is 0 Å². The van der Waals surface area contributed by atoms with E-state index in [9.17, 15) is 14.7 Å². The molecule has 0 spiro atoms. The van der Waals surface area contributed by atoms with Crippen molar-refractivity contribution in [3.63, 3.8) is 0 Å². The molecule has 0 unspecified atom stereocenters. The molecule has 3 aromatic carbocycles. The molecule has 1 aliphatic heterocycles. The minimum atomic E-state index is -0.410. The number of allylic oxidation sites excluding steroid dienone is 1. The maximum atomic E-state index is 13.5. The van der Waals surface area contributed by atoms with Crippen molar-refractivity contribution < 1.29 is 14.7 Å². The predicted molar refractivity (Wildman–Crippen MR) is 139 cm³/mol. The Morgan fingerprint density at radius 3 is 2.31 bits per heavy atom. The number of carbonyl (C=O) groups is 2. The van der Waals surface area contributed by atoms with Gasteiger partial charge in [0.1, 0.15) is 11.5 Å². The zero-order chi connectivity index (χ0) is 24.9. The number of benzene rings is 3. The third-order valence-corrected chi connectivity index (χ3v) is 6.97. The van der Waals surface area contributed by atoms with E-state index < -0.39 is 5.92 Å². The van der Waals surface area contributed by atoms with Gasteiger partial charge in [-0.15, -0.1) is 0 Å². The number of hydrogen-bond acceptors (Lipinski definition) is 5. The minimum Gasteiger partial charge on any atom is -0.507 e. The Morgan fingerprint density at radius 1 is 0.943 bits per heavy atom. The zero-order valence-electron chi connectivity index (χ0n) is 20.5. The Labute approximate surface area is 205 Å². The summed E-state index contributed by atoms with van der Waals surface area (Å²) in [6.07, 6.45) is 2.60. The molecule has 0 saturated heterocycles. The fourth-order valence-corrected chi connectivity index (χ4v) is 5.30. The van der Waals surface area contributed by atoms with Gasteiger partial charge in [-0.25, -0.2) is 0 Å². The van der Waals surface area contributed by atoms with Crippen LogP contribution in [-0.4, -0.2) is 16.7 Å². The Hall–Kier alpha value is -3.86. The van der Waals surface area contributed by atoms with Crippen molar-refractivity contribution in [1.82, 2.24) is 0 Å². The van der Waals surface area contributed by atoms with E-state index in [0.717, 1.165) is 33.8 Å². The van der Waals surface area contributed by atoms with Crippen molar-refractivity contribution in [2.24, 2.45) is 11.3 Å². The van der Waals surface area contributed by atoms with Gasteiger partial charge in [-0.1, -0.05) is 62.4 Å². The molecule has 178 valence electrons. The average molecular weight is 467 g/mol. The molecule has 5 nitrogen and oxygen atoms in total. The molecule has 0 bridgehead atoms. The second-order valence-electron chi connectivity index (χ2n) is 10.4. The first-order chi connectivity index (χ1) is 16.6. The van der Waals surface area contributed by atoms with Crippen LogP contribution in [-0.2, 0) is 4.79 Å². The third kappa shape index (κ3) is 4.23. The molecule has 2 aliphatic rings. The zero-order valence-corrected chi connectivity index (χ0v) is 20.5. The predicted octanol–water partition coefficient (Wildman–Crippen LogP) is 6.32. The summed E-state index contributed by atoms with van der Waals surface area (Å²) in [5.41, 5.74) is 5.87. The van der Waals surface area contributed by atoms with Gasteiger partial charge in [-0.05, 0) is 54.2 Å². The monoisotopic (exact) mass is 466 g/mol. The lowest BCUT2D eigenvalue weighted by Gasteiger charge is -2.35. The number of nitrogens with one attached hydrogen (secondary N) is 2. The second kappa shape index (κ2) is 8.42. The van der Waals surface area contributed by atoms with Crippen molar-refractivity contribution in [3.05, 3.63) is 100 Å². The Balaban J connectivity index is 1.63. The lowest BCUT2D eigenvalue weighted by molar-refractivity contribution is -0.124. The number of phenols is 1. The summed E-state index contributed by atoms with van der Waals surface area (Å²) in [6.45, 7) is 7.87. The molecule has 2 atom stereocenters. The van der Waals surface area contributed by atoms with E-state index in [4.69, 9.17) is 0 Å². The van der Waals surface area contributed by atoms with Crippen molar-refractivity contribution in [1.29, 1.82) is 0 Å².